The number of carbonyl (C=O) groups is 2. The number of nitrogens with one attached hydrogen (secondary N) is 1. The van der Waals surface area contributed by atoms with Crippen molar-refractivity contribution < 1.29 is 14.3 Å². The smallest absolute Gasteiger partial charge is 0.308 e. The molecule has 10 heteroatoms. The molecule has 1 aliphatic rings. The number of rotatable bonds is 8. The third-order valence-corrected chi connectivity index (χ3v) is 8.36. The molecule has 0 bridgehead atoms. The Kier molecular flexibility index (Phi) is 8.66. The van der Waals surface area contributed by atoms with Gasteiger partial charge in [-0.15, -0.1) is 0 Å². The number of ether oxygens (including phenoxy) is 1. The van der Waals surface area contributed by atoms with E-state index in [4.69, 9.17) is 16.3 Å². The number of likely N-dealkylation sites (N-methyl/N-ethyl adjacent to an activating group) is 1. The molecule has 208 valence electrons. The van der Waals surface area contributed by atoms with Crippen LogP contribution in [0.4, 0.5) is 5.69 Å². The Morgan fingerprint density at radius 2 is 1.80 bits per heavy atom. The van der Waals surface area contributed by atoms with E-state index in [9.17, 15) is 14.4 Å². The van der Waals surface area contributed by atoms with Crippen LogP contribution >= 0.6 is 22.9 Å². The van der Waals surface area contributed by atoms with Crippen LogP contribution < -0.4 is 10.2 Å². The van der Waals surface area contributed by atoms with Gasteiger partial charge in [0, 0.05) is 49.9 Å². The highest BCUT2D eigenvalue weighted by atomic mass is 35.5. The Bertz CT molecular complexity index is 1580. The maximum Gasteiger partial charge on any atom is 0.308 e. The normalized spacial score (nSPS) is 14.7. The number of aromatic nitrogens is 1. The maximum atomic E-state index is 13.6. The summed E-state index contributed by atoms with van der Waals surface area (Å²) in [7, 11) is 1.79. The van der Waals surface area contributed by atoms with Crippen LogP contribution in [0.1, 0.15) is 18.5 Å². The van der Waals surface area contributed by atoms with Gasteiger partial charge in [-0.25, -0.2) is 0 Å². The van der Waals surface area contributed by atoms with E-state index in [0.717, 1.165) is 51.5 Å². The van der Waals surface area contributed by atoms with Crippen LogP contribution in [-0.2, 0) is 20.9 Å². The fourth-order valence-electron chi connectivity index (χ4n) is 5.00. The van der Waals surface area contributed by atoms with Gasteiger partial charge < -0.3 is 15.0 Å². The Balaban J connectivity index is 1.43. The summed E-state index contributed by atoms with van der Waals surface area (Å²) in [5.41, 5.74) is 4.26. The number of halogens is 1. The van der Waals surface area contributed by atoms with E-state index in [-0.39, 0.29) is 29.3 Å². The van der Waals surface area contributed by atoms with Crippen LogP contribution in [-0.4, -0.2) is 66.1 Å². The first-order valence-corrected chi connectivity index (χ1v) is 14.3. The lowest BCUT2D eigenvalue weighted by atomic mass is 9.98. The fourth-order valence-corrected chi connectivity index (χ4v) is 6.04. The third kappa shape index (κ3) is 6.28. The van der Waals surface area contributed by atoms with Gasteiger partial charge >= 0.3 is 4.87 Å². The predicted octanol–water partition coefficient (Wildman–Crippen LogP) is 4.87. The van der Waals surface area contributed by atoms with E-state index in [0.29, 0.717) is 30.3 Å². The van der Waals surface area contributed by atoms with Crippen LogP contribution in [0, 0.1) is 0 Å². The lowest BCUT2D eigenvalue weighted by Crippen LogP contribution is -2.44. The number of para-hydroxylation sites is 1. The van der Waals surface area contributed by atoms with Crippen LogP contribution in [0.5, 0.6) is 0 Å². The Hall–Kier alpha value is -3.50. The number of nitrogens with zero attached hydrogens (tertiary/aromatic N) is 3. The number of hydrogen-bond acceptors (Lipinski definition) is 6. The SMILES string of the molecule is CC(=O)Nc1ccccc1-c1ccc(C(CN2CCOCC2)N(C)C(=O)Cn2c(=O)sc3ccc(Cl)cc32)cc1. The molecule has 0 radical (unpaired) electrons. The van der Waals surface area contributed by atoms with Crippen molar-refractivity contribution in [3.05, 3.63) is 87.0 Å². The molecule has 1 aliphatic heterocycles. The van der Waals surface area contributed by atoms with E-state index < -0.39 is 0 Å². The van der Waals surface area contributed by atoms with Crippen LogP contribution in [0.3, 0.4) is 0 Å². The molecule has 1 fully saturated rings. The van der Waals surface area contributed by atoms with Gasteiger partial charge in [0.2, 0.25) is 11.8 Å². The summed E-state index contributed by atoms with van der Waals surface area (Å²) in [4.78, 5) is 41.9. The van der Waals surface area contributed by atoms with E-state index >= 15 is 0 Å². The van der Waals surface area contributed by atoms with E-state index in [1.54, 1.807) is 30.1 Å². The summed E-state index contributed by atoms with van der Waals surface area (Å²) in [5.74, 6) is -0.297. The second-order valence-corrected chi connectivity index (χ2v) is 11.3. The van der Waals surface area contributed by atoms with Crippen LogP contribution in [0.2, 0.25) is 5.02 Å². The van der Waals surface area contributed by atoms with Gasteiger partial charge in [-0.05, 0) is 35.4 Å². The molecule has 2 heterocycles. The zero-order valence-electron chi connectivity index (χ0n) is 22.4. The second-order valence-electron chi connectivity index (χ2n) is 9.85. The van der Waals surface area contributed by atoms with Gasteiger partial charge in [0.05, 0.1) is 29.5 Å². The van der Waals surface area contributed by atoms with Crippen molar-refractivity contribution in [1.29, 1.82) is 0 Å². The highest BCUT2D eigenvalue weighted by Crippen LogP contribution is 2.31. The molecule has 1 unspecified atom stereocenters. The third-order valence-electron chi connectivity index (χ3n) is 7.16. The summed E-state index contributed by atoms with van der Waals surface area (Å²) in [6.07, 6.45) is 0. The Morgan fingerprint density at radius 3 is 2.52 bits per heavy atom. The maximum absolute atomic E-state index is 13.6. The Morgan fingerprint density at radius 1 is 1.07 bits per heavy atom. The molecule has 4 aromatic rings. The minimum Gasteiger partial charge on any atom is -0.379 e. The minimum atomic E-state index is -0.241. The first kappa shape index (κ1) is 28.0. The molecule has 1 aromatic heterocycles. The number of fused-ring (bicyclic) bond motifs is 1. The molecular weight excluding hydrogens is 548 g/mol. The predicted molar refractivity (Wildman–Crippen MR) is 160 cm³/mol. The largest absolute Gasteiger partial charge is 0.379 e. The zero-order chi connectivity index (χ0) is 28.2. The van der Waals surface area contributed by atoms with Crippen molar-refractivity contribution in [1.82, 2.24) is 14.4 Å². The molecule has 3 aromatic carbocycles. The van der Waals surface area contributed by atoms with E-state index in [2.05, 4.69) is 10.2 Å². The average molecular weight is 579 g/mol. The summed E-state index contributed by atoms with van der Waals surface area (Å²) >= 11 is 7.30. The van der Waals surface area contributed by atoms with E-state index in [1.807, 2.05) is 48.5 Å². The number of amides is 2. The first-order valence-electron chi connectivity index (χ1n) is 13.1. The van der Waals surface area contributed by atoms with Gasteiger partial charge in [0.25, 0.3) is 0 Å². The first-order chi connectivity index (χ1) is 19.3. The quantitative estimate of drug-likeness (QED) is 0.322. The standard InChI is InChI=1S/C30H31ClN4O4S/c1-20(36)32-25-6-4-3-5-24(25)21-7-9-22(10-8-21)27(18-34-13-15-39-16-14-34)33(2)29(37)19-35-26-17-23(31)11-12-28(26)40-30(35)38/h3-12,17,27H,13-16,18-19H2,1-2H3,(H,32,36). The van der Waals surface area contributed by atoms with Crippen molar-refractivity contribution >= 4 is 50.7 Å². The van der Waals surface area contributed by atoms with Gasteiger partial charge in [0.15, 0.2) is 0 Å². The van der Waals surface area contributed by atoms with Gasteiger partial charge in [-0.1, -0.05) is 65.4 Å². The molecule has 0 aliphatic carbocycles. The highest BCUT2D eigenvalue weighted by Gasteiger charge is 2.26. The van der Waals surface area contributed by atoms with Gasteiger partial charge in [-0.2, -0.15) is 0 Å². The highest BCUT2D eigenvalue weighted by molar-refractivity contribution is 7.16. The van der Waals surface area contributed by atoms with Crippen LogP contribution in [0.15, 0.2) is 71.5 Å². The topological polar surface area (TPSA) is 83.9 Å². The van der Waals surface area contributed by atoms with Gasteiger partial charge in [0.1, 0.15) is 6.54 Å². The molecule has 1 N–H and O–H groups in total. The minimum absolute atomic E-state index is 0.0720. The van der Waals surface area contributed by atoms with Gasteiger partial charge in [-0.3, -0.25) is 23.9 Å². The zero-order valence-corrected chi connectivity index (χ0v) is 24.0. The molecule has 1 saturated heterocycles. The number of anilines is 1. The molecule has 40 heavy (non-hydrogen) atoms. The van der Waals surface area contributed by atoms with Crippen molar-refractivity contribution in [2.75, 3.05) is 45.2 Å². The number of thiazole rings is 1. The van der Waals surface area contributed by atoms with Crippen molar-refractivity contribution in [2.24, 2.45) is 0 Å². The summed E-state index contributed by atoms with van der Waals surface area (Å²) in [6.45, 7) is 4.93. The lowest BCUT2D eigenvalue weighted by molar-refractivity contribution is -0.133. The molecule has 5 rings (SSSR count). The number of benzene rings is 3. The molecule has 0 saturated carbocycles. The lowest BCUT2D eigenvalue weighted by Gasteiger charge is -2.35. The second kappa shape index (κ2) is 12.3. The van der Waals surface area contributed by atoms with Crippen molar-refractivity contribution in [3.8, 4) is 11.1 Å². The molecule has 1 atom stereocenters. The molecular formula is C30H31ClN4O4S. The monoisotopic (exact) mass is 578 g/mol. The molecule has 0 spiro atoms. The summed E-state index contributed by atoms with van der Waals surface area (Å²) in [5, 5.41) is 3.41. The Labute approximate surface area is 241 Å². The molecule has 8 nitrogen and oxygen atoms in total. The summed E-state index contributed by atoms with van der Waals surface area (Å²) < 4.78 is 7.83. The number of morpholine rings is 1. The summed E-state index contributed by atoms with van der Waals surface area (Å²) in [6, 6.07) is 20.8. The average Bonchev–Trinajstić information content (AvgIpc) is 3.26. The fraction of sp³-hybridized carbons (Fsp3) is 0.300. The van der Waals surface area contributed by atoms with E-state index in [1.165, 1.54) is 11.5 Å². The number of hydrogen-bond donors (Lipinski definition) is 1. The number of carbonyl (C=O) groups excluding carboxylic acids is 2. The van der Waals surface area contributed by atoms with Crippen molar-refractivity contribution in [2.45, 2.75) is 19.5 Å². The van der Waals surface area contributed by atoms with Crippen molar-refractivity contribution in [3.63, 3.8) is 0 Å². The molecule has 2 amide bonds. The van der Waals surface area contributed by atoms with Crippen LogP contribution in [0.25, 0.3) is 21.3 Å².